The Balaban J connectivity index is 1.90. The second kappa shape index (κ2) is 10.1. The summed E-state index contributed by atoms with van der Waals surface area (Å²) >= 11 is 0. The van der Waals surface area contributed by atoms with Crippen LogP contribution in [0.5, 0.6) is 11.5 Å². The fourth-order valence-electron chi connectivity index (χ4n) is 3.48. The van der Waals surface area contributed by atoms with Gasteiger partial charge in [-0.05, 0) is 49.5 Å². The first-order valence-electron chi connectivity index (χ1n) is 10.3. The number of nitriles is 1. The number of nitrogen functional groups attached to an aromatic ring is 1. The number of nitrogens with one attached hydrogen (secondary N) is 1. The summed E-state index contributed by atoms with van der Waals surface area (Å²) in [4.78, 5) is 11.0. The fourth-order valence-corrected chi connectivity index (χ4v) is 3.48. The van der Waals surface area contributed by atoms with Crippen molar-refractivity contribution in [2.45, 2.75) is 39.3 Å². The standard InChI is InChI=1S/C22H30N6O2/c1-15(2)14-30-20-10-16(4-5-19(20)29-3)13-28(18-6-8-25-9-7-18)22-26-12-17(11-23)21(24)27-22/h4-5,10,12,15,18,25H,6-9,13-14H2,1-3H3,(H2,24,26,27). The van der Waals surface area contributed by atoms with Gasteiger partial charge in [0.1, 0.15) is 17.5 Å². The van der Waals surface area contributed by atoms with Crippen molar-refractivity contribution in [2.24, 2.45) is 5.92 Å². The van der Waals surface area contributed by atoms with E-state index in [1.54, 1.807) is 7.11 Å². The first-order valence-corrected chi connectivity index (χ1v) is 10.3. The third-order valence-electron chi connectivity index (χ3n) is 5.09. The van der Waals surface area contributed by atoms with Crippen LogP contribution in [0.25, 0.3) is 0 Å². The summed E-state index contributed by atoms with van der Waals surface area (Å²) in [6.45, 7) is 7.34. The second-order valence-corrected chi connectivity index (χ2v) is 7.88. The lowest BCUT2D eigenvalue weighted by molar-refractivity contribution is 0.256. The van der Waals surface area contributed by atoms with Gasteiger partial charge < -0.3 is 25.4 Å². The van der Waals surface area contributed by atoms with Crippen molar-refractivity contribution in [1.82, 2.24) is 15.3 Å². The fraction of sp³-hybridized carbons (Fsp3) is 0.500. The van der Waals surface area contributed by atoms with E-state index in [1.807, 2.05) is 24.3 Å². The van der Waals surface area contributed by atoms with Gasteiger partial charge in [0, 0.05) is 12.6 Å². The summed E-state index contributed by atoms with van der Waals surface area (Å²) < 4.78 is 11.4. The lowest BCUT2D eigenvalue weighted by Crippen LogP contribution is -2.43. The van der Waals surface area contributed by atoms with Crippen molar-refractivity contribution in [3.8, 4) is 17.6 Å². The molecule has 3 N–H and O–H groups in total. The Morgan fingerprint density at radius 1 is 1.30 bits per heavy atom. The van der Waals surface area contributed by atoms with Crippen molar-refractivity contribution in [3.63, 3.8) is 0 Å². The van der Waals surface area contributed by atoms with Crippen LogP contribution in [0.4, 0.5) is 11.8 Å². The molecule has 3 rings (SSSR count). The lowest BCUT2D eigenvalue weighted by atomic mass is 10.0. The molecule has 2 aromatic rings. The zero-order valence-corrected chi connectivity index (χ0v) is 17.9. The van der Waals surface area contributed by atoms with Gasteiger partial charge in [-0.1, -0.05) is 19.9 Å². The van der Waals surface area contributed by atoms with Gasteiger partial charge in [-0.15, -0.1) is 0 Å². The Kier molecular flexibility index (Phi) is 7.31. The van der Waals surface area contributed by atoms with Crippen molar-refractivity contribution in [2.75, 3.05) is 37.4 Å². The molecule has 0 bridgehead atoms. The number of hydrogen-bond donors (Lipinski definition) is 2. The Morgan fingerprint density at radius 2 is 2.07 bits per heavy atom. The van der Waals surface area contributed by atoms with Crippen molar-refractivity contribution >= 4 is 11.8 Å². The summed E-state index contributed by atoms with van der Waals surface area (Å²) in [6.07, 6.45) is 3.46. The molecule has 30 heavy (non-hydrogen) atoms. The maximum absolute atomic E-state index is 9.14. The topological polar surface area (TPSA) is 109 Å². The Morgan fingerprint density at radius 3 is 2.70 bits per heavy atom. The molecule has 2 heterocycles. The molecule has 0 amide bonds. The average molecular weight is 411 g/mol. The Hall–Kier alpha value is -3.05. The van der Waals surface area contributed by atoms with Crippen LogP contribution in [0.2, 0.25) is 0 Å². The van der Waals surface area contributed by atoms with Crippen LogP contribution in [0.15, 0.2) is 24.4 Å². The summed E-state index contributed by atoms with van der Waals surface area (Å²) in [7, 11) is 1.64. The summed E-state index contributed by atoms with van der Waals surface area (Å²) in [5.41, 5.74) is 7.33. The van der Waals surface area contributed by atoms with Gasteiger partial charge in [-0.3, -0.25) is 0 Å². The molecule has 1 aliphatic rings. The van der Waals surface area contributed by atoms with Crippen LogP contribution in [0, 0.1) is 17.2 Å². The molecule has 0 atom stereocenters. The predicted molar refractivity (Wildman–Crippen MR) is 117 cm³/mol. The highest BCUT2D eigenvalue weighted by Gasteiger charge is 2.24. The van der Waals surface area contributed by atoms with Crippen LogP contribution in [0.1, 0.15) is 37.8 Å². The highest BCUT2D eigenvalue weighted by molar-refractivity contribution is 5.51. The van der Waals surface area contributed by atoms with Gasteiger partial charge in [0.2, 0.25) is 5.95 Å². The molecule has 0 saturated carbocycles. The number of piperidine rings is 1. The number of anilines is 2. The number of hydrogen-bond acceptors (Lipinski definition) is 8. The minimum Gasteiger partial charge on any atom is -0.493 e. The summed E-state index contributed by atoms with van der Waals surface area (Å²) in [5, 5.41) is 12.5. The molecule has 0 spiro atoms. The number of methoxy groups -OCH3 is 1. The normalized spacial score (nSPS) is 14.4. The van der Waals surface area contributed by atoms with Gasteiger partial charge in [0.15, 0.2) is 11.5 Å². The lowest BCUT2D eigenvalue weighted by Gasteiger charge is -2.35. The number of aromatic nitrogens is 2. The highest BCUT2D eigenvalue weighted by atomic mass is 16.5. The molecule has 1 aromatic heterocycles. The van der Waals surface area contributed by atoms with Gasteiger partial charge in [-0.2, -0.15) is 10.2 Å². The van der Waals surface area contributed by atoms with E-state index >= 15 is 0 Å². The smallest absolute Gasteiger partial charge is 0.227 e. The van der Waals surface area contributed by atoms with Gasteiger partial charge in [0.05, 0.1) is 19.9 Å². The molecule has 1 fully saturated rings. The van der Waals surface area contributed by atoms with Crippen molar-refractivity contribution in [1.29, 1.82) is 5.26 Å². The molecule has 8 heteroatoms. The molecule has 0 radical (unpaired) electrons. The van der Waals surface area contributed by atoms with Gasteiger partial charge in [0.25, 0.3) is 0 Å². The molecule has 1 aliphatic heterocycles. The molecule has 0 unspecified atom stereocenters. The van der Waals surface area contributed by atoms with E-state index in [-0.39, 0.29) is 17.4 Å². The number of nitrogens with zero attached hydrogens (tertiary/aromatic N) is 4. The average Bonchev–Trinajstić information content (AvgIpc) is 2.76. The van der Waals surface area contributed by atoms with E-state index in [4.69, 9.17) is 20.5 Å². The van der Waals surface area contributed by atoms with E-state index in [2.05, 4.69) is 34.0 Å². The number of ether oxygens (including phenoxy) is 2. The molecule has 1 saturated heterocycles. The third-order valence-corrected chi connectivity index (χ3v) is 5.09. The minimum absolute atomic E-state index is 0.206. The molecule has 8 nitrogen and oxygen atoms in total. The van der Waals surface area contributed by atoms with Crippen molar-refractivity contribution in [3.05, 3.63) is 35.5 Å². The molecule has 160 valence electrons. The molecule has 1 aromatic carbocycles. The van der Waals surface area contributed by atoms with E-state index in [0.29, 0.717) is 30.8 Å². The van der Waals surface area contributed by atoms with Crippen LogP contribution >= 0.6 is 0 Å². The second-order valence-electron chi connectivity index (χ2n) is 7.88. The summed E-state index contributed by atoms with van der Waals surface area (Å²) in [5.74, 6) is 2.61. The molecular formula is C22H30N6O2. The Bertz CT molecular complexity index is 890. The van der Waals surface area contributed by atoms with Crippen LogP contribution < -0.4 is 25.4 Å². The first kappa shape index (κ1) is 21.7. The largest absolute Gasteiger partial charge is 0.493 e. The van der Waals surface area contributed by atoms with Gasteiger partial charge in [-0.25, -0.2) is 4.98 Å². The minimum atomic E-state index is 0.206. The van der Waals surface area contributed by atoms with Crippen LogP contribution in [0.3, 0.4) is 0 Å². The van der Waals surface area contributed by atoms with E-state index in [0.717, 1.165) is 37.2 Å². The number of rotatable bonds is 8. The molecule has 0 aliphatic carbocycles. The van der Waals surface area contributed by atoms with Crippen molar-refractivity contribution < 1.29 is 9.47 Å². The zero-order valence-electron chi connectivity index (χ0n) is 17.9. The predicted octanol–water partition coefficient (Wildman–Crippen LogP) is 2.73. The van der Waals surface area contributed by atoms with Gasteiger partial charge >= 0.3 is 0 Å². The van der Waals surface area contributed by atoms with Crippen LogP contribution in [-0.4, -0.2) is 42.8 Å². The third kappa shape index (κ3) is 5.30. The summed E-state index contributed by atoms with van der Waals surface area (Å²) in [6, 6.07) is 8.28. The highest BCUT2D eigenvalue weighted by Crippen LogP contribution is 2.30. The number of nitrogens with two attached hydrogens (primary N) is 1. The Labute approximate surface area is 178 Å². The first-order chi connectivity index (χ1) is 14.5. The zero-order chi connectivity index (χ0) is 21.5. The maximum Gasteiger partial charge on any atom is 0.227 e. The quantitative estimate of drug-likeness (QED) is 0.684. The molecular weight excluding hydrogens is 380 g/mol. The monoisotopic (exact) mass is 410 g/mol. The number of benzene rings is 1. The van der Waals surface area contributed by atoms with E-state index in [9.17, 15) is 0 Å². The maximum atomic E-state index is 9.14. The SMILES string of the molecule is COc1ccc(CN(c2ncc(C#N)c(N)n2)C2CCNCC2)cc1OCC(C)C. The van der Waals surface area contributed by atoms with Crippen LogP contribution in [-0.2, 0) is 6.54 Å². The van der Waals surface area contributed by atoms with E-state index < -0.39 is 0 Å². The van der Waals surface area contributed by atoms with E-state index in [1.165, 1.54) is 6.20 Å².